The van der Waals surface area contributed by atoms with E-state index in [1.165, 1.54) is 6.42 Å². The second kappa shape index (κ2) is 12.6. The number of aliphatic imine (C=N–C) groups is 1. The first-order valence-electron chi connectivity index (χ1n) is 9.07. The topological polar surface area (TPSA) is 49.3 Å². The lowest BCUT2D eigenvalue weighted by atomic mass is 10.1. The van der Waals surface area contributed by atoms with Crippen molar-refractivity contribution >= 4 is 5.96 Å². The summed E-state index contributed by atoms with van der Waals surface area (Å²) in [5.74, 6) is 1.65. The van der Waals surface area contributed by atoms with Crippen molar-refractivity contribution < 1.29 is 9.47 Å². The van der Waals surface area contributed by atoms with Crippen LogP contribution in [0, 0.1) is 5.92 Å². The lowest BCUT2D eigenvalue weighted by molar-refractivity contribution is 0.0536. The summed E-state index contributed by atoms with van der Waals surface area (Å²) in [5.41, 5.74) is 0. The first-order chi connectivity index (χ1) is 11.2. The van der Waals surface area contributed by atoms with Gasteiger partial charge in [0, 0.05) is 39.2 Å². The van der Waals surface area contributed by atoms with Crippen molar-refractivity contribution in [1.29, 1.82) is 0 Å². The van der Waals surface area contributed by atoms with Crippen LogP contribution in [0.25, 0.3) is 0 Å². The minimum absolute atomic E-state index is 0.596. The molecule has 1 rings (SSSR count). The third-order valence-corrected chi connectivity index (χ3v) is 4.28. The molecule has 1 heterocycles. The van der Waals surface area contributed by atoms with Crippen molar-refractivity contribution in [3.63, 3.8) is 0 Å². The smallest absolute Gasteiger partial charge is 0.193 e. The van der Waals surface area contributed by atoms with Gasteiger partial charge in [0.15, 0.2) is 5.96 Å². The highest BCUT2D eigenvalue weighted by Crippen LogP contribution is 2.16. The summed E-state index contributed by atoms with van der Waals surface area (Å²) in [7, 11) is 1.71. The van der Waals surface area contributed by atoms with Gasteiger partial charge in [-0.25, -0.2) is 0 Å². The summed E-state index contributed by atoms with van der Waals surface area (Å²) in [4.78, 5) is 9.58. The minimum Gasteiger partial charge on any atom is -0.382 e. The Balaban J connectivity index is 2.38. The zero-order chi connectivity index (χ0) is 16.9. The first kappa shape index (κ1) is 20.2. The molecule has 0 aromatic carbocycles. The monoisotopic (exact) mass is 328 g/mol. The van der Waals surface area contributed by atoms with Crippen LogP contribution in [0.2, 0.25) is 0 Å². The maximum atomic E-state index is 5.67. The number of likely N-dealkylation sites (tertiary alicyclic amines) is 1. The van der Waals surface area contributed by atoms with E-state index in [2.05, 4.69) is 35.9 Å². The Kier molecular flexibility index (Phi) is 11.0. The average Bonchev–Trinajstić information content (AvgIpc) is 3.03. The number of nitrogens with one attached hydrogen (secondary N) is 1. The fraction of sp³-hybridized carbons (Fsp3) is 0.941. The number of nitrogens with zero attached hydrogens (tertiary/aromatic N) is 3. The number of ether oxygens (including phenoxy) is 2. The van der Waals surface area contributed by atoms with E-state index in [4.69, 9.17) is 14.5 Å². The molecule has 1 aliphatic heterocycles. The highest BCUT2D eigenvalue weighted by Gasteiger charge is 2.24. The Morgan fingerprint density at radius 3 is 2.70 bits per heavy atom. The van der Waals surface area contributed by atoms with Gasteiger partial charge in [0.2, 0.25) is 0 Å². The predicted octanol–water partition coefficient (Wildman–Crippen LogP) is 1.28. The molecule has 6 heteroatoms. The van der Waals surface area contributed by atoms with Crippen molar-refractivity contribution in [1.82, 2.24) is 15.1 Å². The Labute approximate surface area is 142 Å². The van der Waals surface area contributed by atoms with Crippen molar-refractivity contribution in [2.75, 3.05) is 72.7 Å². The van der Waals surface area contributed by atoms with E-state index < -0.39 is 0 Å². The molecule has 1 fully saturated rings. The standard InChI is InChI=1S/C17H36N4O2/c1-5-18-17(19-9-11-20(6-2)7-3)21-10-8-16(14-21)15-23-13-12-22-4/h16H,5-15H2,1-4H3,(H,18,19). The van der Waals surface area contributed by atoms with Gasteiger partial charge in [0.1, 0.15) is 0 Å². The number of rotatable bonds is 11. The molecule has 0 bridgehead atoms. The lowest BCUT2D eigenvalue weighted by Crippen LogP contribution is -2.41. The van der Waals surface area contributed by atoms with Gasteiger partial charge in [-0.2, -0.15) is 0 Å². The minimum atomic E-state index is 0.596. The molecule has 136 valence electrons. The van der Waals surface area contributed by atoms with Gasteiger partial charge < -0.3 is 24.6 Å². The second-order valence-corrected chi connectivity index (χ2v) is 5.93. The van der Waals surface area contributed by atoms with E-state index in [1.54, 1.807) is 7.11 Å². The van der Waals surface area contributed by atoms with E-state index in [1.807, 2.05) is 0 Å². The SMILES string of the molecule is CCNC(=NCCN(CC)CC)N1CCC(COCCOC)C1. The molecule has 0 aliphatic carbocycles. The van der Waals surface area contributed by atoms with Gasteiger partial charge in [-0.15, -0.1) is 0 Å². The van der Waals surface area contributed by atoms with Gasteiger partial charge >= 0.3 is 0 Å². The Hall–Kier alpha value is -0.850. The van der Waals surface area contributed by atoms with Crippen LogP contribution in [0.15, 0.2) is 4.99 Å². The van der Waals surface area contributed by atoms with Gasteiger partial charge in [0.05, 0.1) is 26.4 Å². The van der Waals surface area contributed by atoms with Gasteiger partial charge in [-0.3, -0.25) is 4.99 Å². The van der Waals surface area contributed by atoms with E-state index in [0.717, 1.165) is 58.4 Å². The molecule has 1 atom stereocenters. The highest BCUT2D eigenvalue weighted by atomic mass is 16.5. The zero-order valence-electron chi connectivity index (χ0n) is 15.5. The molecule has 1 saturated heterocycles. The van der Waals surface area contributed by atoms with Crippen molar-refractivity contribution in [2.45, 2.75) is 27.2 Å². The van der Waals surface area contributed by atoms with Crippen LogP contribution in [-0.4, -0.2) is 88.5 Å². The molecule has 23 heavy (non-hydrogen) atoms. The van der Waals surface area contributed by atoms with Crippen LogP contribution in [0.1, 0.15) is 27.2 Å². The highest BCUT2D eigenvalue weighted by molar-refractivity contribution is 5.80. The maximum Gasteiger partial charge on any atom is 0.193 e. The summed E-state index contributed by atoms with van der Waals surface area (Å²) < 4.78 is 10.7. The molecular formula is C17H36N4O2. The largest absolute Gasteiger partial charge is 0.382 e. The first-order valence-corrected chi connectivity index (χ1v) is 9.07. The molecule has 0 spiro atoms. The van der Waals surface area contributed by atoms with Crippen LogP contribution in [0.5, 0.6) is 0 Å². The van der Waals surface area contributed by atoms with Crippen LogP contribution >= 0.6 is 0 Å². The van der Waals surface area contributed by atoms with Crippen LogP contribution in [0.4, 0.5) is 0 Å². The zero-order valence-corrected chi connectivity index (χ0v) is 15.5. The summed E-state index contributed by atoms with van der Waals surface area (Å²) in [6, 6.07) is 0. The lowest BCUT2D eigenvalue weighted by Gasteiger charge is -2.22. The average molecular weight is 329 g/mol. The van der Waals surface area contributed by atoms with E-state index >= 15 is 0 Å². The molecule has 0 radical (unpaired) electrons. The van der Waals surface area contributed by atoms with Gasteiger partial charge in [0.25, 0.3) is 0 Å². The molecule has 0 aromatic rings. The Morgan fingerprint density at radius 1 is 1.26 bits per heavy atom. The summed E-state index contributed by atoms with van der Waals surface area (Å²) >= 11 is 0. The van der Waals surface area contributed by atoms with Crippen LogP contribution in [0.3, 0.4) is 0 Å². The fourth-order valence-corrected chi connectivity index (χ4v) is 2.82. The molecule has 0 saturated carbocycles. The van der Waals surface area contributed by atoms with E-state index in [9.17, 15) is 0 Å². The predicted molar refractivity (Wildman–Crippen MR) is 96.1 cm³/mol. The maximum absolute atomic E-state index is 5.67. The summed E-state index contributed by atoms with van der Waals surface area (Å²) in [6.45, 7) is 15.8. The Morgan fingerprint density at radius 2 is 2.04 bits per heavy atom. The molecule has 1 N–H and O–H groups in total. The van der Waals surface area contributed by atoms with Gasteiger partial charge in [-0.1, -0.05) is 13.8 Å². The summed E-state index contributed by atoms with van der Waals surface area (Å²) in [6.07, 6.45) is 1.17. The van der Waals surface area contributed by atoms with Gasteiger partial charge in [-0.05, 0) is 26.4 Å². The van der Waals surface area contributed by atoms with E-state index in [-0.39, 0.29) is 0 Å². The fourth-order valence-electron chi connectivity index (χ4n) is 2.82. The molecule has 0 amide bonds. The number of hydrogen-bond donors (Lipinski definition) is 1. The third-order valence-electron chi connectivity index (χ3n) is 4.28. The molecular weight excluding hydrogens is 292 g/mol. The number of guanidine groups is 1. The normalized spacial score (nSPS) is 18.9. The summed E-state index contributed by atoms with van der Waals surface area (Å²) in [5, 5.41) is 3.43. The number of likely N-dealkylation sites (N-methyl/N-ethyl adjacent to an activating group) is 1. The van der Waals surface area contributed by atoms with E-state index in [0.29, 0.717) is 19.1 Å². The quantitative estimate of drug-likeness (QED) is 0.352. The second-order valence-electron chi connectivity index (χ2n) is 5.93. The van der Waals surface area contributed by atoms with Crippen LogP contribution < -0.4 is 5.32 Å². The molecule has 1 aliphatic rings. The molecule has 1 unspecified atom stereocenters. The van der Waals surface area contributed by atoms with Crippen molar-refractivity contribution in [2.24, 2.45) is 10.9 Å². The number of methoxy groups -OCH3 is 1. The van der Waals surface area contributed by atoms with Crippen molar-refractivity contribution in [3.05, 3.63) is 0 Å². The molecule has 0 aromatic heterocycles. The number of hydrogen-bond acceptors (Lipinski definition) is 4. The Bertz CT molecular complexity index is 322. The van der Waals surface area contributed by atoms with Crippen LogP contribution in [-0.2, 0) is 9.47 Å². The van der Waals surface area contributed by atoms with Crippen molar-refractivity contribution in [3.8, 4) is 0 Å². The third kappa shape index (κ3) is 7.99. The molecule has 6 nitrogen and oxygen atoms in total.